The van der Waals surface area contributed by atoms with Crippen molar-refractivity contribution in [1.29, 1.82) is 0 Å². The van der Waals surface area contributed by atoms with Crippen LogP contribution >= 0.6 is 0 Å². The van der Waals surface area contributed by atoms with Crippen LogP contribution in [0.4, 0.5) is 4.39 Å². The molecule has 0 radical (unpaired) electrons. The van der Waals surface area contributed by atoms with Crippen LogP contribution in [0.15, 0.2) is 31.0 Å². The van der Waals surface area contributed by atoms with Crippen LogP contribution < -0.4 is 9.47 Å². The molecule has 35 heavy (non-hydrogen) atoms. The van der Waals surface area contributed by atoms with Gasteiger partial charge in [-0.15, -0.1) is 10.2 Å². The summed E-state index contributed by atoms with van der Waals surface area (Å²) >= 11 is 0. The molecule has 4 rings (SSSR count). The molecule has 0 unspecified atom stereocenters. The number of aromatic nitrogens is 9. The Balaban J connectivity index is 1.79. The molecule has 1 atom stereocenters. The second-order valence-corrected chi connectivity index (χ2v) is 9.95. The first-order valence-corrected chi connectivity index (χ1v) is 12.0. The Bertz CT molecular complexity index is 1420. The van der Waals surface area contributed by atoms with Gasteiger partial charge in [-0.25, -0.2) is 22.8 Å². The van der Waals surface area contributed by atoms with E-state index < -0.39 is 26.7 Å². The summed E-state index contributed by atoms with van der Waals surface area (Å²) in [6.45, 7) is 1.52. The van der Waals surface area contributed by atoms with E-state index in [1.54, 1.807) is 24.0 Å². The normalized spacial score (nSPS) is 12.5. The van der Waals surface area contributed by atoms with Crippen molar-refractivity contribution >= 4 is 9.84 Å². The second-order valence-electron chi connectivity index (χ2n) is 7.53. The molecule has 0 fully saturated rings. The van der Waals surface area contributed by atoms with Crippen molar-refractivity contribution in [1.82, 2.24) is 44.5 Å². The zero-order valence-corrected chi connectivity index (χ0v) is 20.1. The van der Waals surface area contributed by atoms with Gasteiger partial charge in [0.15, 0.2) is 33.0 Å². The van der Waals surface area contributed by atoms with Crippen molar-refractivity contribution in [3.05, 3.63) is 48.5 Å². The lowest BCUT2D eigenvalue weighted by Crippen LogP contribution is -2.24. The number of methoxy groups -OCH3 is 2. The van der Waals surface area contributed by atoms with E-state index in [1.807, 2.05) is 0 Å². The van der Waals surface area contributed by atoms with E-state index in [0.717, 1.165) is 12.4 Å². The van der Waals surface area contributed by atoms with Crippen LogP contribution in [0.3, 0.4) is 0 Å². The minimum Gasteiger partial charge on any atom is -0.479 e. The maximum Gasteiger partial charge on any atom is 0.245 e. The molecule has 0 spiro atoms. The van der Waals surface area contributed by atoms with E-state index in [2.05, 4.69) is 35.2 Å². The summed E-state index contributed by atoms with van der Waals surface area (Å²) in [4.78, 5) is 16.0. The molecule has 0 aromatic carbocycles. The molecule has 15 heteroatoms. The fourth-order valence-electron chi connectivity index (χ4n) is 3.33. The van der Waals surface area contributed by atoms with Gasteiger partial charge in [0.05, 0.1) is 31.9 Å². The number of ether oxygens (including phenoxy) is 2. The molecular weight excluding hydrogens is 481 g/mol. The molecule has 4 aromatic heterocycles. The third-order valence-corrected chi connectivity index (χ3v) is 7.18. The van der Waals surface area contributed by atoms with Crippen LogP contribution in [0.2, 0.25) is 0 Å². The van der Waals surface area contributed by atoms with Gasteiger partial charge in [0.2, 0.25) is 11.8 Å². The number of hydrogen-bond acceptors (Lipinski definition) is 11. The maximum absolute atomic E-state index is 13.3. The number of halogens is 1. The topological polar surface area (TPSA) is 153 Å². The standard InChI is InChI=1S/C20H22FN9O4S/c1-12(7-15-22-8-13(21)9-23-15)35(31,32)10-16-26-27-18(14-5-6-29(2)28-14)30(16)17-19(33-3)24-11-25-20(17)34-4/h5-6,8-9,11-12H,7,10H2,1-4H3/t12-/m1/s1. The van der Waals surface area contributed by atoms with Gasteiger partial charge in [-0.1, -0.05) is 0 Å². The Morgan fingerprint density at radius 1 is 1.06 bits per heavy atom. The number of nitrogens with zero attached hydrogens (tertiary/aromatic N) is 9. The number of hydrogen-bond donors (Lipinski definition) is 0. The summed E-state index contributed by atoms with van der Waals surface area (Å²) in [5.41, 5.74) is 0.659. The Hall–Kier alpha value is -4.01. The molecule has 0 N–H and O–H groups in total. The zero-order valence-electron chi connectivity index (χ0n) is 19.3. The SMILES string of the molecule is COc1ncnc(OC)c1-n1c(CS(=O)(=O)[C@H](C)Cc2ncc(F)cn2)nnc1-c1ccn(C)n1. The van der Waals surface area contributed by atoms with Gasteiger partial charge < -0.3 is 9.47 Å². The molecule has 0 aliphatic carbocycles. The van der Waals surface area contributed by atoms with Gasteiger partial charge in [0.1, 0.15) is 23.6 Å². The van der Waals surface area contributed by atoms with Crippen molar-refractivity contribution in [2.45, 2.75) is 24.3 Å². The highest BCUT2D eigenvalue weighted by Gasteiger charge is 2.30. The molecule has 0 saturated carbocycles. The highest BCUT2D eigenvalue weighted by molar-refractivity contribution is 7.91. The number of rotatable bonds is 9. The van der Waals surface area contributed by atoms with Crippen molar-refractivity contribution in [3.63, 3.8) is 0 Å². The van der Waals surface area contributed by atoms with Gasteiger partial charge in [-0.3, -0.25) is 9.25 Å². The first-order valence-electron chi connectivity index (χ1n) is 10.3. The van der Waals surface area contributed by atoms with Gasteiger partial charge in [0, 0.05) is 19.7 Å². The molecule has 0 aliphatic heterocycles. The van der Waals surface area contributed by atoms with Crippen LogP contribution in [0, 0.1) is 5.82 Å². The van der Waals surface area contributed by atoms with Crippen LogP contribution in [-0.4, -0.2) is 72.4 Å². The molecular formula is C20H22FN9O4S. The second kappa shape index (κ2) is 9.69. The minimum atomic E-state index is -3.80. The third-order valence-electron chi connectivity index (χ3n) is 5.13. The number of sulfone groups is 1. The van der Waals surface area contributed by atoms with Gasteiger partial charge in [-0.2, -0.15) is 15.1 Å². The predicted octanol–water partition coefficient (Wildman–Crippen LogP) is 0.950. The molecule has 13 nitrogen and oxygen atoms in total. The summed E-state index contributed by atoms with van der Waals surface area (Å²) in [5.74, 6) is -0.317. The fraction of sp³-hybridized carbons (Fsp3) is 0.350. The molecule has 0 bridgehead atoms. The van der Waals surface area contributed by atoms with E-state index >= 15 is 0 Å². The highest BCUT2D eigenvalue weighted by atomic mass is 32.2. The fourth-order valence-corrected chi connectivity index (χ4v) is 4.57. The third kappa shape index (κ3) is 4.94. The van der Waals surface area contributed by atoms with E-state index in [0.29, 0.717) is 5.69 Å². The average Bonchev–Trinajstić information content (AvgIpc) is 3.45. The monoisotopic (exact) mass is 503 g/mol. The first kappa shape index (κ1) is 24.1. The minimum absolute atomic E-state index is 0.00899. The Kier molecular flexibility index (Phi) is 6.68. The highest BCUT2D eigenvalue weighted by Crippen LogP contribution is 2.33. The molecule has 4 aromatic rings. The van der Waals surface area contributed by atoms with Gasteiger partial charge in [-0.05, 0) is 13.0 Å². The van der Waals surface area contributed by atoms with Crippen molar-refractivity contribution in [2.24, 2.45) is 7.05 Å². The zero-order chi connectivity index (χ0) is 25.2. The van der Waals surface area contributed by atoms with E-state index in [-0.39, 0.29) is 41.3 Å². The average molecular weight is 504 g/mol. The van der Waals surface area contributed by atoms with E-state index in [1.165, 1.54) is 32.0 Å². The quantitative estimate of drug-likeness (QED) is 0.321. The molecule has 0 amide bonds. The largest absolute Gasteiger partial charge is 0.479 e. The summed E-state index contributed by atoms with van der Waals surface area (Å²) in [7, 11) is 0.765. The summed E-state index contributed by atoms with van der Waals surface area (Å²) in [6, 6.07) is 1.70. The lowest BCUT2D eigenvalue weighted by molar-refractivity contribution is 0.368. The molecule has 0 aliphatic rings. The summed E-state index contributed by atoms with van der Waals surface area (Å²) in [6.07, 6.45) is 4.94. The Labute approximate surface area is 199 Å². The predicted molar refractivity (Wildman–Crippen MR) is 120 cm³/mol. The lowest BCUT2D eigenvalue weighted by Gasteiger charge is -2.16. The summed E-state index contributed by atoms with van der Waals surface area (Å²) < 4.78 is 53.5. The molecule has 4 heterocycles. The van der Waals surface area contributed by atoms with E-state index in [4.69, 9.17) is 9.47 Å². The maximum atomic E-state index is 13.3. The molecule has 184 valence electrons. The Morgan fingerprint density at radius 2 is 1.71 bits per heavy atom. The molecule has 0 saturated heterocycles. The van der Waals surface area contributed by atoms with Crippen LogP contribution in [0.1, 0.15) is 18.6 Å². The van der Waals surface area contributed by atoms with Crippen molar-refractivity contribution in [3.8, 4) is 29.0 Å². The van der Waals surface area contributed by atoms with Crippen molar-refractivity contribution in [2.75, 3.05) is 14.2 Å². The van der Waals surface area contributed by atoms with Crippen molar-refractivity contribution < 1.29 is 22.3 Å². The van der Waals surface area contributed by atoms with Gasteiger partial charge in [0.25, 0.3) is 0 Å². The van der Waals surface area contributed by atoms with Crippen LogP contribution in [0.5, 0.6) is 11.8 Å². The number of aryl methyl sites for hydroxylation is 1. The van der Waals surface area contributed by atoms with Crippen LogP contribution in [0.25, 0.3) is 17.2 Å². The Morgan fingerprint density at radius 3 is 2.29 bits per heavy atom. The first-order chi connectivity index (χ1) is 16.7. The lowest BCUT2D eigenvalue weighted by atomic mass is 10.3. The summed E-state index contributed by atoms with van der Waals surface area (Å²) in [5, 5.41) is 11.8. The smallest absolute Gasteiger partial charge is 0.245 e. The van der Waals surface area contributed by atoms with Gasteiger partial charge >= 0.3 is 0 Å². The van der Waals surface area contributed by atoms with Crippen LogP contribution in [-0.2, 0) is 29.1 Å². The van der Waals surface area contributed by atoms with E-state index in [9.17, 15) is 12.8 Å².